The molecule has 0 atom stereocenters. The summed E-state index contributed by atoms with van der Waals surface area (Å²) in [6.07, 6.45) is 1.67. The first-order valence-corrected chi connectivity index (χ1v) is 7.03. The predicted molar refractivity (Wildman–Crippen MR) is 79.1 cm³/mol. The maximum Gasteiger partial charge on any atom is 0.252 e. The van der Waals surface area contributed by atoms with Crippen LogP contribution >= 0.6 is 11.6 Å². The molecule has 0 aliphatic carbocycles. The number of piperidine rings is 1. The van der Waals surface area contributed by atoms with E-state index in [0.29, 0.717) is 16.3 Å². The molecule has 0 unspecified atom stereocenters. The lowest BCUT2D eigenvalue weighted by Gasteiger charge is -2.21. The highest BCUT2D eigenvalue weighted by Gasteiger charge is 2.21. The van der Waals surface area contributed by atoms with Crippen LogP contribution in [0.2, 0.25) is 5.02 Å². The van der Waals surface area contributed by atoms with Gasteiger partial charge in [0.05, 0.1) is 10.6 Å². The second-order valence-electron chi connectivity index (χ2n) is 4.79. The van der Waals surface area contributed by atoms with Gasteiger partial charge in [0, 0.05) is 18.7 Å². The predicted octanol–water partition coefficient (Wildman–Crippen LogP) is 1.64. The Labute approximate surface area is 123 Å². The summed E-state index contributed by atoms with van der Waals surface area (Å²) < 4.78 is 0. The average Bonchev–Trinajstić information content (AvgIpc) is 2.49. The number of rotatable bonds is 3. The van der Waals surface area contributed by atoms with Crippen LogP contribution in [0, 0.1) is 5.92 Å². The molecule has 2 rings (SSSR count). The molecule has 1 aromatic rings. The molecule has 1 aliphatic rings. The van der Waals surface area contributed by atoms with Gasteiger partial charge in [-0.25, -0.2) is 0 Å². The van der Waals surface area contributed by atoms with Crippen LogP contribution in [0.4, 0.5) is 5.69 Å². The topological polar surface area (TPSA) is 70.2 Å². The molecular weight excluding hydrogens is 278 g/mol. The van der Waals surface area contributed by atoms with Gasteiger partial charge in [0.15, 0.2) is 0 Å². The van der Waals surface area contributed by atoms with Crippen LogP contribution in [0.1, 0.15) is 23.2 Å². The Hall–Kier alpha value is -1.59. The van der Waals surface area contributed by atoms with Crippen molar-refractivity contribution < 1.29 is 9.59 Å². The Morgan fingerprint density at radius 2 is 2.00 bits per heavy atom. The molecule has 2 amide bonds. The van der Waals surface area contributed by atoms with Gasteiger partial charge in [0.25, 0.3) is 5.91 Å². The van der Waals surface area contributed by atoms with Gasteiger partial charge in [0.2, 0.25) is 5.91 Å². The van der Waals surface area contributed by atoms with Gasteiger partial charge >= 0.3 is 0 Å². The van der Waals surface area contributed by atoms with E-state index in [-0.39, 0.29) is 17.7 Å². The van der Waals surface area contributed by atoms with Gasteiger partial charge < -0.3 is 16.0 Å². The van der Waals surface area contributed by atoms with Gasteiger partial charge in [0.1, 0.15) is 0 Å². The molecule has 1 fully saturated rings. The smallest absolute Gasteiger partial charge is 0.252 e. The van der Waals surface area contributed by atoms with Gasteiger partial charge in [-0.3, -0.25) is 9.59 Å². The van der Waals surface area contributed by atoms with Crippen LogP contribution in [0.3, 0.4) is 0 Å². The largest absolute Gasteiger partial charge is 0.355 e. The first-order valence-electron chi connectivity index (χ1n) is 6.65. The highest BCUT2D eigenvalue weighted by atomic mass is 35.5. The summed E-state index contributed by atoms with van der Waals surface area (Å²) in [5.41, 5.74) is 0.953. The van der Waals surface area contributed by atoms with E-state index in [2.05, 4.69) is 16.0 Å². The van der Waals surface area contributed by atoms with E-state index in [0.717, 1.165) is 25.9 Å². The highest BCUT2D eigenvalue weighted by Crippen LogP contribution is 2.22. The van der Waals surface area contributed by atoms with Gasteiger partial charge in [-0.1, -0.05) is 11.6 Å². The number of halogens is 1. The van der Waals surface area contributed by atoms with Crippen molar-refractivity contribution in [3.05, 3.63) is 28.8 Å². The van der Waals surface area contributed by atoms with Crippen LogP contribution in [0.15, 0.2) is 18.2 Å². The van der Waals surface area contributed by atoms with E-state index in [4.69, 9.17) is 11.6 Å². The summed E-state index contributed by atoms with van der Waals surface area (Å²) in [4.78, 5) is 23.8. The number of nitrogens with one attached hydrogen (secondary N) is 3. The molecule has 5 nitrogen and oxygen atoms in total. The first kappa shape index (κ1) is 14.8. The van der Waals surface area contributed by atoms with Crippen molar-refractivity contribution in [2.24, 2.45) is 5.92 Å². The zero-order chi connectivity index (χ0) is 14.5. The van der Waals surface area contributed by atoms with Crippen molar-refractivity contribution in [2.45, 2.75) is 12.8 Å². The zero-order valence-corrected chi connectivity index (χ0v) is 12.1. The van der Waals surface area contributed by atoms with Crippen LogP contribution in [0.25, 0.3) is 0 Å². The number of hydrogen-bond donors (Lipinski definition) is 3. The van der Waals surface area contributed by atoms with Crippen molar-refractivity contribution in [3.8, 4) is 0 Å². The molecule has 3 N–H and O–H groups in total. The number of benzene rings is 1. The van der Waals surface area contributed by atoms with Crippen LogP contribution in [-0.4, -0.2) is 32.0 Å². The first-order chi connectivity index (χ1) is 9.61. The van der Waals surface area contributed by atoms with Gasteiger partial charge in [-0.2, -0.15) is 0 Å². The second kappa shape index (κ2) is 6.72. The Bertz CT molecular complexity index is 513. The summed E-state index contributed by atoms with van der Waals surface area (Å²) in [6.45, 7) is 1.73. The number of carbonyl (C=O) groups is 2. The Balaban J connectivity index is 2.09. The fourth-order valence-electron chi connectivity index (χ4n) is 2.24. The number of carbonyl (C=O) groups excluding carboxylic acids is 2. The fraction of sp³-hybridized carbons (Fsp3) is 0.429. The molecule has 1 aliphatic heterocycles. The highest BCUT2D eigenvalue weighted by molar-refractivity contribution is 6.34. The van der Waals surface area contributed by atoms with E-state index in [1.807, 2.05) is 0 Å². The standard InChI is InChI=1S/C14H18ClN3O2/c1-16-14(20)11-8-10(2-3-12(11)15)18-13(19)9-4-6-17-7-5-9/h2-3,8-9,17H,4-7H2,1H3,(H,16,20)(H,18,19). The van der Waals surface area contributed by atoms with Crippen molar-refractivity contribution >= 4 is 29.1 Å². The minimum Gasteiger partial charge on any atom is -0.355 e. The molecule has 0 radical (unpaired) electrons. The third-order valence-corrected chi connectivity index (χ3v) is 3.75. The number of anilines is 1. The fourth-order valence-corrected chi connectivity index (χ4v) is 2.44. The summed E-state index contributed by atoms with van der Waals surface area (Å²) in [7, 11) is 1.54. The number of amides is 2. The van der Waals surface area contributed by atoms with Crippen molar-refractivity contribution in [2.75, 3.05) is 25.5 Å². The quantitative estimate of drug-likeness (QED) is 0.794. The van der Waals surface area contributed by atoms with Crippen LogP contribution in [0.5, 0.6) is 0 Å². The van der Waals surface area contributed by atoms with Gasteiger partial charge in [-0.15, -0.1) is 0 Å². The lowest BCUT2D eigenvalue weighted by Crippen LogP contribution is -2.34. The third-order valence-electron chi connectivity index (χ3n) is 3.42. The molecule has 108 valence electrons. The summed E-state index contributed by atoms with van der Waals surface area (Å²) in [6, 6.07) is 4.91. The molecular formula is C14H18ClN3O2. The van der Waals surface area contributed by atoms with Crippen molar-refractivity contribution in [3.63, 3.8) is 0 Å². The Kier molecular flexibility index (Phi) is 4.98. The van der Waals surface area contributed by atoms with E-state index in [9.17, 15) is 9.59 Å². The molecule has 0 aromatic heterocycles. The summed E-state index contributed by atoms with van der Waals surface area (Å²) in [5, 5.41) is 8.96. The molecule has 1 heterocycles. The van der Waals surface area contributed by atoms with E-state index < -0.39 is 0 Å². The SMILES string of the molecule is CNC(=O)c1cc(NC(=O)C2CCNCC2)ccc1Cl. The molecule has 1 aromatic carbocycles. The maximum absolute atomic E-state index is 12.1. The lowest BCUT2D eigenvalue weighted by molar-refractivity contribution is -0.120. The average molecular weight is 296 g/mol. The monoisotopic (exact) mass is 295 g/mol. The molecule has 0 spiro atoms. The van der Waals surface area contributed by atoms with E-state index in [1.54, 1.807) is 25.2 Å². The summed E-state index contributed by atoms with van der Waals surface area (Å²) >= 11 is 5.97. The maximum atomic E-state index is 12.1. The second-order valence-corrected chi connectivity index (χ2v) is 5.19. The lowest BCUT2D eigenvalue weighted by atomic mass is 9.97. The molecule has 0 saturated carbocycles. The van der Waals surface area contributed by atoms with E-state index in [1.165, 1.54) is 0 Å². The molecule has 1 saturated heterocycles. The zero-order valence-electron chi connectivity index (χ0n) is 11.3. The molecule has 20 heavy (non-hydrogen) atoms. The van der Waals surface area contributed by atoms with Crippen LogP contribution in [-0.2, 0) is 4.79 Å². The summed E-state index contributed by atoms with van der Waals surface area (Å²) in [5.74, 6) is -0.250. The minimum atomic E-state index is -0.270. The van der Waals surface area contributed by atoms with Gasteiger partial charge in [-0.05, 0) is 44.1 Å². The normalized spacial score (nSPS) is 15.7. The number of hydrogen-bond acceptors (Lipinski definition) is 3. The Morgan fingerprint density at radius 3 is 2.65 bits per heavy atom. The van der Waals surface area contributed by atoms with E-state index >= 15 is 0 Å². The Morgan fingerprint density at radius 1 is 1.30 bits per heavy atom. The van der Waals surface area contributed by atoms with Crippen molar-refractivity contribution in [1.82, 2.24) is 10.6 Å². The minimum absolute atomic E-state index is 0.00307. The third kappa shape index (κ3) is 3.49. The molecule has 0 bridgehead atoms. The van der Waals surface area contributed by atoms with Crippen molar-refractivity contribution in [1.29, 1.82) is 0 Å². The van der Waals surface area contributed by atoms with Crippen LogP contribution < -0.4 is 16.0 Å². The molecule has 6 heteroatoms.